The number of rotatable bonds is 5. The third kappa shape index (κ3) is 3.20. The first-order chi connectivity index (χ1) is 7.12. The summed E-state index contributed by atoms with van der Waals surface area (Å²) in [5, 5.41) is 0. The maximum Gasteiger partial charge on any atom is 0.375 e. The molecule has 86 valence electrons. The molecule has 0 amide bonds. The lowest BCUT2D eigenvalue weighted by molar-refractivity contribution is -0.356. The molecule has 0 saturated carbocycles. The lowest BCUT2D eigenvalue weighted by atomic mass is 10.3. The molecule has 0 N–H and O–H groups in total. The van der Waals surface area contributed by atoms with Gasteiger partial charge < -0.3 is 14.2 Å². The predicted molar refractivity (Wildman–Crippen MR) is 50.7 cm³/mol. The molecule has 5 heteroatoms. The van der Waals surface area contributed by atoms with Gasteiger partial charge in [0.05, 0.1) is 13.0 Å². The highest BCUT2D eigenvalue weighted by Gasteiger charge is 2.43. The highest BCUT2D eigenvalue weighted by atomic mass is 16.9. The lowest BCUT2D eigenvalue weighted by Crippen LogP contribution is -2.47. The monoisotopic (exact) mass is 216 g/mol. The third-order valence-corrected chi connectivity index (χ3v) is 2.08. The molecule has 0 aromatic rings. The van der Waals surface area contributed by atoms with Crippen LogP contribution in [0.3, 0.4) is 0 Å². The van der Waals surface area contributed by atoms with Crippen LogP contribution in [-0.2, 0) is 23.8 Å². The van der Waals surface area contributed by atoms with E-state index in [0.717, 1.165) is 12.8 Å². The van der Waals surface area contributed by atoms with Crippen molar-refractivity contribution in [2.75, 3.05) is 6.61 Å². The molecule has 5 nitrogen and oxygen atoms in total. The van der Waals surface area contributed by atoms with Gasteiger partial charge in [0, 0.05) is 0 Å². The summed E-state index contributed by atoms with van der Waals surface area (Å²) in [4.78, 5) is 22.2. The number of carbonyl (C=O) groups excluding carboxylic acids is 2. The molecular formula is C10H16O5. The van der Waals surface area contributed by atoms with Crippen LogP contribution in [0.5, 0.6) is 0 Å². The number of esters is 2. The Labute approximate surface area is 88.7 Å². The summed E-state index contributed by atoms with van der Waals surface area (Å²) in [7, 11) is 0. The van der Waals surface area contributed by atoms with E-state index in [4.69, 9.17) is 14.2 Å². The number of ether oxygens (including phenoxy) is 3. The van der Waals surface area contributed by atoms with Crippen molar-refractivity contribution in [3.05, 3.63) is 0 Å². The first-order valence-electron chi connectivity index (χ1n) is 5.19. The van der Waals surface area contributed by atoms with Crippen LogP contribution in [0.2, 0.25) is 0 Å². The van der Waals surface area contributed by atoms with Gasteiger partial charge >= 0.3 is 17.9 Å². The molecular weight excluding hydrogens is 200 g/mol. The predicted octanol–water partition coefficient (Wildman–Crippen LogP) is 1.36. The van der Waals surface area contributed by atoms with Crippen LogP contribution in [0.25, 0.3) is 0 Å². The van der Waals surface area contributed by atoms with E-state index in [1.165, 1.54) is 0 Å². The molecule has 0 unspecified atom stereocenters. The van der Waals surface area contributed by atoms with Gasteiger partial charge in [-0.1, -0.05) is 20.3 Å². The molecule has 0 radical (unpaired) electrons. The zero-order chi connectivity index (χ0) is 11.3. The third-order valence-electron chi connectivity index (χ3n) is 2.08. The van der Waals surface area contributed by atoms with Crippen molar-refractivity contribution < 1.29 is 23.8 Å². The second-order valence-corrected chi connectivity index (χ2v) is 3.36. The zero-order valence-corrected chi connectivity index (χ0v) is 9.08. The molecule has 1 heterocycles. The Balaban J connectivity index is 2.57. The molecule has 0 atom stereocenters. The number of unbranched alkanes of at least 4 members (excludes halogenated alkanes) is 1. The first-order valence-corrected chi connectivity index (χ1v) is 5.19. The number of hydrogen-bond donors (Lipinski definition) is 0. The van der Waals surface area contributed by atoms with E-state index >= 15 is 0 Å². The van der Waals surface area contributed by atoms with Crippen LogP contribution in [-0.4, -0.2) is 24.5 Å². The fraction of sp³-hybridized carbons (Fsp3) is 0.800. The quantitative estimate of drug-likeness (QED) is 0.394. The van der Waals surface area contributed by atoms with Crippen molar-refractivity contribution in [3.8, 4) is 0 Å². The Kier molecular flexibility index (Phi) is 4.08. The molecule has 0 bridgehead atoms. The van der Waals surface area contributed by atoms with E-state index < -0.39 is 17.9 Å². The Morgan fingerprint density at radius 2 is 1.87 bits per heavy atom. The van der Waals surface area contributed by atoms with E-state index in [1.54, 1.807) is 6.92 Å². The summed E-state index contributed by atoms with van der Waals surface area (Å²) in [5.74, 6) is -2.67. The molecule has 15 heavy (non-hydrogen) atoms. The molecule has 1 saturated heterocycles. The first kappa shape index (κ1) is 12.0. The summed E-state index contributed by atoms with van der Waals surface area (Å²) in [6.45, 7) is 4.16. The molecule has 1 rings (SSSR count). The van der Waals surface area contributed by atoms with Crippen molar-refractivity contribution >= 4 is 11.9 Å². The maximum absolute atomic E-state index is 11.1. The van der Waals surface area contributed by atoms with Crippen molar-refractivity contribution in [3.63, 3.8) is 0 Å². The van der Waals surface area contributed by atoms with E-state index in [-0.39, 0.29) is 6.42 Å². The van der Waals surface area contributed by atoms with Crippen molar-refractivity contribution in [1.29, 1.82) is 0 Å². The second-order valence-electron chi connectivity index (χ2n) is 3.36. The molecule has 0 aromatic carbocycles. The van der Waals surface area contributed by atoms with Crippen LogP contribution in [0, 0.1) is 0 Å². The van der Waals surface area contributed by atoms with Crippen LogP contribution in [0.15, 0.2) is 0 Å². The van der Waals surface area contributed by atoms with Crippen molar-refractivity contribution in [2.45, 2.75) is 45.5 Å². The average molecular weight is 216 g/mol. The Bertz CT molecular complexity index is 232. The van der Waals surface area contributed by atoms with Gasteiger partial charge in [-0.3, -0.25) is 9.59 Å². The minimum Gasteiger partial charge on any atom is -0.397 e. The van der Waals surface area contributed by atoms with Crippen molar-refractivity contribution in [2.24, 2.45) is 0 Å². The van der Waals surface area contributed by atoms with E-state index in [0.29, 0.717) is 13.0 Å². The highest BCUT2D eigenvalue weighted by Crippen LogP contribution is 2.25. The molecule has 0 aliphatic carbocycles. The van der Waals surface area contributed by atoms with Crippen molar-refractivity contribution in [1.82, 2.24) is 0 Å². The summed E-state index contributed by atoms with van der Waals surface area (Å²) >= 11 is 0. The van der Waals surface area contributed by atoms with Gasteiger partial charge in [-0.05, 0) is 6.42 Å². The van der Waals surface area contributed by atoms with Gasteiger partial charge in [-0.2, -0.15) is 0 Å². The summed E-state index contributed by atoms with van der Waals surface area (Å²) in [6, 6.07) is 0. The molecule has 1 fully saturated rings. The van der Waals surface area contributed by atoms with Crippen LogP contribution in [0.1, 0.15) is 39.5 Å². The number of carbonyl (C=O) groups is 2. The van der Waals surface area contributed by atoms with Gasteiger partial charge in [0.25, 0.3) is 0 Å². The molecule has 0 spiro atoms. The van der Waals surface area contributed by atoms with Crippen LogP contribution >= 0.6 is 0 Å². The van der Waals surface area contributed by atoms with Crippen LogP contribution < -0.4 is 0 Å². The van der Waals surface area contributed by atoms with Gasteiger partial charge in [0.2, 0.25) is 0 Å². The SMILES string of the molecule is CCCCOC1(CC)OC(=O)CC(=O)O1. The lowest BCUT2D eigenvalue weighted by Gasteiger charge is -2.33. The summed E-state index contributed by atoms with van der Waals surface area (Å²) < 4.78 is 15.2. The van der Waals surface area contributed by atoms with Gasteiger partial charge in [0.15, 0.2) is 0 Å². The Morgan fingerprint density at radius 1 is 1.27 bits per heavy atom. The standard InChI is InChI=1S/C10H16O5/c1-3-5-6-13-10(4-2)14-8(11)7-9(12)15-10/h3-7H2,1-2H3. The largest absolute Gasteiger partial charge is 0.397 e. The minimum absolute atomic E-state index is 0.300. The maximum atomic E-state index is 11.1. The fourth-order valence-corrected chi connectivity index (χ4v) is 1.24. The van der Waals surface area contributed by atoms with Gasteiger partial charge in [0.1, 0.15) is 6.42 Å². The highest BCUT2D eigenvalue weighted by molar-refractivity contribution is 5.92. The van der Waals surface area contributed by atoms with Crippen LogP contribution in [0.4, 0.5) is 0 Å². The summed E-state index contributed by atoms with van der Waals surface area (Å²) in [6.07, 6.45) is 1.76. The Morgan fingerprint density at radius 3 is 2.33 bits per heavy atom. The van der Waals surface area contributed by atoms with E-state index in [1.807, 2.05) is 6.92 Å². The average Bonchev–Trinajstić information content (AvgIpc) is 2.17. The second kappa shape index (κ2) is 5.11. The number of hydrogen-bond acceptors (Lipinski definition) is 5. The molecule has 1 aliphatic heterocycles. The minimum atomic E-state index is -1.48. The molecule has 0 aromatic heterocycles. The summed E-state index contributed by atoms with van der Waals surface area (Å²) in [5.41, 5.74) is 0. The van der Waals surface area contributed by atoms with Gasteiger partial charge in [-0.15, -0.1) is 0 Å². The van der Waals surface area contributed by atoms with E-state index in [2.05, 4.69) is 0 Å². The molecule has 1 aliphatic rings. The smallest absolute Gasteiger partial charge is 0.375 e. The normalized spacial score (nSPS) is 19.6. The zero-order valence-electron chi connectivity index (χ0n) is 9.08. The Hall–Kier alpha value is -1.10. The van der Waals surface area contributed by atoms with Gasteiger partial charge in [-0.25, -0.2) is 0 Å². The van der Waals surface area contributed by atoms with E-state index in [9.17, 15) is 9.59 Å². The number of cyclic esters (lactones) is 2. The topological polar surface area (TPSA) is 61.8 Å². The fourth-order valence-electron chi connectivity index (χ4n) is 1.24.